The normalized spacial score (nSPS) is 12.2. The number of esters is 1. The van der Waals surface area contributed by atoms with Crippen molar-refractivity contribution >= 4 is 5.97 Å². The third-order valence-corrected chi connectivity index (χ3v) is 1.91. The van der Waals surface area contributed by atoms with Gasteiger partial charge >= 0.3 is 5.97 Å². The van der Waals surface area contributed by atoms with Crippen molar-refractivity contribution in [1.82, 2.24) is 0 Å². The fourth-order valence-electron chi connectivity index (χ4n) is 1.08. The van der Waals surface area contributed by atoms with Gasteiger partial charge < -0.3 is 9.84 Å². The quantitative estimate of drug-likeness (QED) is 0.743. The van der Waals surface area contributed by atoms with E-state index < -0.39 is 6.10 Å². The number of aliphatic hydroxyl groups is 1. The Morgan fingerprint density at radius 2 is 2.00 bits per heavy atom. The molecule has 1 atom stereocenters. The zero-order chi connectivity index (χ0) is 10.6. The van der Waals surface area contributed by atoms with Crippen molar-refractivity contribution in [3.8, 4) is 0 Å². The summed E-state index contributed by atoms with van der Waals surface area (Å²) in [6.07, 6.45) is -0.737. The van der Waals surface area contributed by atoms with Crippen LogP contribution in [0, 0.1) is 6.92 Å². The van der Waals surface area contributed by atoms with Crippen molar-refractivity contribution < 1.29 is 14.6 Å². The Kier molecular flexibility index (Phi) is 3.65. The van der Waals surface area contributed by atoms with Gasteiger partial charge in [0.05, 0.1) is 0 Å². The Hall–Kier alpha value is -1.35. The van der Waals surface area contributed by atoms with E-state index in [4.69, 9.17) is 4.74 Å². The van der Waals surface area contributed by atoms with Crippen LogP contribution in [-0.2, 0) is 9.53 Å². The molecule has 1 aromatic rings. The number of benzene rings is 1. The van der Waals surface area contributed by atoms with E-state index in [0.717, 1.165) is 11.1 Å². The molecule has 14 heavy (non-hydrogen) atoms. The van der Waals surface area contributed by atoms with Gasteiger partial charge in [0.2, 0.25) is 0 Å². The first-order chi connectivity index (χ1) is 6.59. The predicted molar refractivity (Wildman–Crippen MR) is 52.8 cm³/mol. The smallest absolute Gasteiger partial charge is 0.302 e. The number of carbonyl (C=O) groups is 1. The standard InChI is InChI=1S/C11H14O3/c1-8-3-5-10(6-4-8)11(13)7-14-9(2)12/h3-6,11,13H,7H2,1-2H3/t11-/m1/s1. The maximum Gasteiger partial charge on any atom is 0.302 e. The maximum absolute atomic E-state index is 10.5. The van der Waals surface area contributed by atoms with E-state index >= 15 is 0 Å². The number of carbonyl (C=O) groups excluding carboxylic acids is 1. The summed E-state index contributed by atoms with van der Waals surface area (Å²) in [6.45, 7) is 3.31. The van der Waals surface area contributed by atoms with Crippen LogP contribution in [0.5, 0.6) is 0 Å². The molecular weight excluding hydrogens is 180 g/mol. The number of aryl methyl sites for hydroxylation is 1. The van der Waals surface area contributed by atoms with E-state index in [1.807, 2.05) is 31.2 Å². The summed E-state index contributed by atoms with van der Waals surface area (Å²) >= 11 is 0. The Balaban J connectivity index is 2.56. The number of rotatable bonds is 3. The molecule has 0 spiro atoms. The molecule has 0 saturated heterocycles. The van der Waals surface area contributed by atoms with Crippen LogP contribution in [0.1, 0.15) is 24.2 Å². The van der Waals surface area contributed by atoms with E-state index in [2.05, 4.69) is 0 Å². The number of ether oxygens (including phenoxy) is 1. The van der Waals surface area contributed by atoms with Gasteiger partial charge in [-0.2, -0.15) is 0 Å². The summed E-state index contributed by atoms with van der Waals surface area (Å²) in [5.74, 6) is -0.379. The highest BCUT2D eigenvalue weighted by Crippen LogP contribution is 2.13. The molecule has 3 nitrogen and oxygen atoms in total. The molecule has 0 aliphatic rings. The van der Waals surface area contributed by atoms with Crippen molar-refractivity contribution in [2.24, 2.45) is 0 Å². The zero-order valence-corrected chi connectivity index (χ0v) is 8.36. The van der Waals surface area contributed by atoms with Crippen molar-refractivity contribution in [1.29, 1.82) is 0 Å². The van der Waals surface area contributed by atoms with Crippen LogP contribution in [-0.4, -0.2) is 17.7 Å². The molecule has 1 rings (SSSR count). The fourth-order valence-corrected chi connectivity index (χ4v) is 1.08. The molecule has 1 N–H and O–H groups in total. The summed E-state index contributed by atoms with van der Waals surface area (Å²) in [5, 5.41) is 9.58. The highest BCUT2D eigenvalue weighted by Gasteiger charge is 2.08. The second-order valence-corrected chi connectivity index (χ2v) is 3.23. The first-order valence-electron chi connectivity index (χ1n) is 4.47. The molecule has 0 aliphatic carbocycles. The second kappa shape index (κ2) is 4.77. The summed E-state index contributed by atoms with van der Waals surface area (Å²) < 4.78 is 4.70. The highest BCUT2D eigenvalue weighted by molar-refractivity contribution is 5.65. The van der Waals surface area contributed by atoms with Crippen LogP contribution in [0.25, 0.3) is 0 Å². The van der Waals surface area contributed by atoms with Gasteiger partial charge in [-0.15, -0.1) is 0 Å². The number of aliphatic hydroxyl groups excluding tert-OH is 1. The molecule has 0 amide bonds. The molecule has 1 aromatic carbocycles. The minimum atomic E-state index is -0.737. The second-order valence-electron chi connectivity index (χ2n) is 3.23. The van der Waals surface area contributed by atoms with Crippen LogP contribution in [0.15, 0.2) is 24.3 Å². The van der Waals surface area contributed by atoms with Crippen LogP contribution >= 0.6 is 0 Å². The van der Waals surface area contributed by atoms with Crippen molar-refractivity contribution in [2.75, 3.05) is 6.61 Å². The van der Waals surface area contributed by atoms with Crippen molar-refractivity contribution in [3.05, 3.63) is 35.4 Å². The van der Waals surface area contributed by atoms with Crippen molar-refractivity contribution in [2.45, 2.75) is 20.0 Å². The van der Waals surface area contributed by atoms with Gasteiger partial charge in [-0.3, -0.25) is 4.79 Å². The molecule has 0 saturated carbocycles. The Bertz CT molecular complexity index is 303. The Morgan fingerprint density at radius 3 is 2.50 bits per heavy atom. The molecule has 0 radical (unpaired) electrons. The van der Waals surface area contributed by atoms with E-state index in [0.29, 0.717) is 0 Å². The average Bonchev–Trinajstić information content (AvgIpc) is 2.15. The molecule has 0 bridgehead atoms. The Morgan fingerprint density at radius 1 is 1.43 bits per heavy atom. The molecule has 0 aromatic heterocycles. The van der Waals surface area contributed by atoms with Crippen molar-refractivity contribution in [3.63, 3.8) is 0 Å². The molecular formula is C11H14O3. The fraction of sp³-hybridized carbons (Fsp3) is 0.364. The summed E-state index contributed by atoms with van der Waals surface area (Å²) in [4.78, 5) is 10.5. The van der Waals surface area contributed by atoms with Gasteiger partial charge in [-0.1, -0.05) is 29.8 Å². The van der Waals surface area contributed by atoms with Gasteiger partial charge in [0, 0.05) is 6.92 Å². The van der Waals surface area contributed by atoms with Crippen LogP contribution < -0.4 is 0 Å². The monoisotopic (exact) mass is 194 g/mol. The van der Waals surface area contributed by atoms with E-state index in [-0.39, 0.29) is 12.6 Å². The zero-order valence-electron chi connectivity index (χ0n) is 8.36. The Labute approximate surface area is 83.3 Å². The third-order valence-electron chi connectivity index (χ3n) is 1.91. The van der Waals surface area contributed by atoms with Crippen LogP contribution in [0.4, 0.5) is 0 Å². The topological polar surface area (TPSA) is 46.5 Å². The van der Waals surface area contributed by atoms with Gasteiger partial charge in [-0.25, -0.2) is 0 Å². The van der Waals surface area contributed by atoms with Crippen LogP contribution in [0.2, 0.25) is 0 Å². The van der Waals surface area contributed by atoms with Gasteiger partial charge in [0.15, 0.2) is 0 Å². The lowest BCUT2D eigenvalue weighted by Crippen LogP contribution is -2.09. The summed E-state index contributed by atoms with van der Waals surface area (Å²) in [7, 11) is 0. The third kappa shape index (κ3) is 3.18. The maximum atomic E-state index is 10.5. The molecule has 0 aliphatic heterocycles. The first-order valence-corrected chi connectivity index (χ1v) is 4.47. The minimum Gasteiger partial charge on any atom is -0.463 e. The lowest BCUT2D eigenvalue weighted by molar-refractivity contribution is -0.144. The average molecular weight is 194 g/mol. The highest BCUT2D eigenvalue weighted by atomic mass is 16.5. The van der Waals surface area contributed by atoms with E-state index in [1.54, 1.807) is 0 Å². The minimum absolute atomic E-state index is 0.0123. The number of hydrogen-bond acceptors (Lipinski definition) is 3. The van der Waals surface area contributed by atoms with Gasteiger partial charge in [-0.05, 0) is 12.5 Å². The summed E-state index contributed by atoms with van der Waals surface area (Å²) in [6, 6.07) is 7.46. The SMILES string of the molecule is CC(=O)OC[C@@H](O)c1ccc(C)cc1. The molecule has 0 heterocycles. The molecule has 76 valence electrons. The van der Waals surface area contributed by atoms with E-state index in [9.17, 15) is 9.90 Å². The van der Waals surface area contributed by atoms with Gasteiger partial charge in [0.1, 0.15) is 12.7 Å². The summed E-state index contributed by atoms with van der Waals surface area (Å²) in [5.41, 5.74) is 1.89. The van der Waals surface area contributed by atoms with E-state index in [1.165, 1.54) is 6.92 Å². The largest absolute Gasteiger partial charge is 0.463 e. The first kappa shape index (κ1) is 10.7. The lowest BCUT2D eigenvalue weighted by atomic mass is 10.1. The van der Waals surface area contributed by atoms with Crippen LogP contribution in [0.3, 0.4) is 0 Å². The lowest BCUT2D eigenvalue weighted by Gasteiger charge is -2.10. The number of hydrogen-bond donors (Lipinski definition) is 1. The predicted octanol–water partition coefficient (Wildman–Crippen LogP) is 1.59. The molecule has 0 fully saturated rings. The van der Waals surface area contributed by atoms with Gasteiger partial charge in [0.25, 0.3) is 0 Å². The molecule has 3 heteroatoms. The molecule has 0 unspecified atom stereocenters.